The fourth-order valence-corrected chi connectivity index (χ4v) is 2.19. The van der Waals surface area contributed by atoms with E-state index in [1.165, 1.54) is 0 Å². The smallest absolute Gasteiger partial charge is 0.320 e. The van der Waals surface area contributed by atoms with Crippen molar-refractivity contribution in [3.05, 3.63) is 35.8 Å². The van der Waals surface area contributed by atoms with E-state index in [9.17, 15) is 4.79 Å². The number of nitrogens with zero attached hydrogens (tertiary/aromatic N) is 2. The predicted molar refractivity (Wildman–Crippen MR) is 73.0 cm³/mol. The Balaban J connectivity index is 2.22. The lowest BCUT2D eigenvalue weighted by Crippen LogP contribution is -2.40. The molecule has 19 heavy (non-hydrogen) atoms. The van der Waals surface area contributed by atoms with E-state index in [-0.39, 0.29) is 5.92 Å². The van der Waals surface area contributed by atoms with E-state index >= 15 is 0 Å². The third-order valence-electron chi connectivity index (χ3n) is 3.25. The fraction of sp³-hybridized carbons (Fsp3) is 0.429. The first kappa shape index (κ1) is 13.5. The maximum Gasteiger partial charge on any atom is 0.320 e. The normalized spacial score (nSPS) is 13.1. The Morgan fingerprint density at radius 2 is 2.21 bits per heavy atom. The Bertz CT molecular complexity index is 589. The molecule has 0 bridgehead atoms. The molecule has 0 aliphatic heterocycles. The molecule has 0 aliphatic rings. The highest BCUT2D eigenvalue weighted by Crippen LogP contribution is 2.12. The van der Waals surface area contributed by atoms with Crippen LogP contribution in [0.25, 0.3) is 5.65 Å². The molecular formula is C14H19N3O2. The molecule has 5 nitrogen and oxygen atoms in total. The quantitative estimate of drug-likeness (QED) is 0.862. The molecule has 1 unspecified atom stereocenters. The van der Waals surface area contributed by atoms with Gasteiger partial charge in [0.1, 0.15) is 11.7 Å². The van der Waals surface area contributed by atoms with Crippen LogP contribution in [0.3, 0.4) is 0 Å². The molecule has 0 amide bonds. The van der Waals surface area contributed by atoms with Gasteiger partial charge >= 0.3 is 5.97 Å². The van der Waals surface area contributed by atoms with Gasteiger partial charge in [-0.1, -0.05) is 19.9 Å². The lowest BCUT2D eigenvalue weighted by Gasteiger charge is -2.18. The zero-order valence-electron chi connectivity index (χ0n) is 11.4. The lowest BCUT2D eigenvalue weighted by molar-refractivity contribution is -0.140. The van der Waals surface area contributed by atoms with Gasteiger partial charge in [-0.2, -0.15) is 0 Å². The first-order valence-corrected chi connectivity index (χ1v) is 6.39. The van der Waals surface area contributed by atoms with Crippen LogP contribution in [0, 0.1) is 12.8 Å². The molecule has 0 aromatic carbocycles. The minimum atomic E-state index is -0.818. The van der Waals surface area contributed by atoms with Crippen LogP contribution in [0.1, 0.15) is 25.2 Å². The molecule has 2 heterocycles. The van der Waals surface area contributed by atoms with E-state index in [1.807, 2.05) is 49.6 Å². The van der Waals surface area contributed by atoms with Crippen LogP contribution >= 0.6 is 0 Å². The van der Waals surface area contributed by atoms with Crippen molar-refractivity contribution in [2.45, 2.75) is 33.4 Å². The molecule has 0 fully saturated rings. The molecule has 2 aromatic heterocycles. The van der Waals surface area contributed by atoms with Gasteiger partial charge in [0.15, 0.2) is 0 Å². The van der Waals surface area contributed by atoms with Crippen LogP contribution in [0.4, 0.5) is 0 Å². The largest absolute Gasteiger partial charge is 0.480 e. The molecule has 2 aromatic rings. The summed E-state index contributed by atoms with van der Waals surface area (Å²) in [4.78, 5) is 15.6. The number of nitrogens with one attached hydrogen (secondary N) is 1. The zero-order valence-corrected chi connectivity index (χ0v) is 11.4. The molecule has 0 saturated heterocycles. The molecule has 0 radical (unpaired) electrons. The summed E-state index contributed by atoms with van der Waals surface area (Å²) in [5.41, 5.74) is 2.81. The van der Waals surface area contributed by atoms with Gasteiger partial charge in [-0.05, 0) is 25.0 Å². The van der Waals surface area contributed by atoms with Crippen molar-refractivity contribution in [3.8, 4) is 0 Å². The zero-order chi connectivity index (χ0) is 14.0. The standard InChI is InChI=1S/C14H19N3O2/c1-9(2)13(14(18)19)15-8-11-10(3)16-12-6-4-5-7-17(11)12/h4-7,9,13,15H,8H2,1-3H3,(H,18,19). The van der Waals surface area contributed by atoms with E-state index in [2.05, 4.69) is 10.3 Å². The average molecular weight is 261 g/mol. The summed E-state index contributed by atoms with van der Waals surface area (Å²) in [6.45, 7) is 6.22. The highest BCUT2D eigenvalue weighted by atomic mass is 16.4. The molecule has 102 valence electrons. The molecule has 1 atom stereocenters. The van der Waals surface area contributed by atoms with Crippen molar-refractivity contribution in [3.63, 3.8) is 0 Å². The number of pyridine rings is 1. The van der Waals surface area contributed by atoms with Crippen LogP contribution in [0.5, 0.6) is 0 Å². The van der Waals surface area contributed by atoms with Gasteiger partial charge in [-0.25, -0.2) is 4.98 Å². The Kier molecular flexibility index (Phi) is 3.85. The molecule has 2 N–H and O–H groups in total. The highest BCUT2D eigenvalue weighted by Gasteiger charge is 2.21. The Morgan fingerprint density at radius 3 is 2.84 bits per heavy atom. The number of carboxylic acids is 1. The van der Waals surface area contributed by atoms with Crippen molar-refractivity contribution in [1.29, 1.82) is 0 Å². The summed E-state index contributed by atoms with van der Waals surface area (Å²) in [6.07, 6.45) is 1.94. The summed E-state index contributed by atoms with van der Waals surface area (Å²) < 4.78 is 1.99. The summed E-state index contributed by atoms with van der Waals surface area (Å²) in [5.74, 6) is -0.779. The number of hydrogen-bond donors (Lipinski definition) is 2. The van der Waals surface area contributed by atoms with Gasteiger partial charge in [-0.3, -0.25) is 10.1 Å². The number of carbonyl (C=O) groups is 1. The Morgan fingerprint density at radius 1 is 1.47 bits per heavy atom. The van der Waals surface area contributed by atoms with Crippen LogP contribution in [-0.2, 0) is 11.3 Å². The van der Waals surface area contributed by atoms with Crippen LogP contribution < -0.4 is 5.32 Å². The molecule has 2 rings (SSSR count). The second-order valence-electron chi connectivity index (χ2n) is 5.01. The molecular weight excluding hydrogens is 242 g/mol. The van der Waals surface area contributed by atoms with Gasteiger partial charge in [-0.15, -0.1) is 0 Å². The number of aliphatic carboxylic acids is 1. The second kappa shape index (κ2) is 5.40. The number of aryl methyl sites for hydroxylation is 1. The van der Waals surface area contributed by atoms with Crippen molar-refractivity contribution in [1.82, 2.24) is 14.7 Å². The minimum absolute atomic E-state index is 0.0389. The van der Waals surface area contributed by atoms with Crippen LogP contribution in [0.15, 0.2) is 24.4 Å². The van der Waals surface area contributed by atoms with Gasteiger partial charge < -0.3 is 9.51 Å². The van der Waals surface area contributed by atoms with Crippen LogP contribution in [0.2, 0.25) is 0 Å². The van der Waals surface area contributed by atoms with Crippen molar-refractivity contribution < 1.29 is 9.90 Å². The van der Waals surface area contributed by atoms with E-state index in [1.54, 1.807) is 0 Å². The molecule has 0 spiro atoms. The third-order valence-corrected chi connectivity index (χ3v) is 3.25. The molecule has 0 aliphatic carbocycles. The first-order chi connectivity index (χ1) is 9.00. The van der Waals surface area contributed by atoms with Gasteiger partial charge in [0.25, 0.3) is 0 Å². The van der Waals surface area contributed by atoms with Crippen LogP contribution in [-0.4, -0.2) is 26.5 Å². The number of aromatic nitrogens is 2. The summed E-state index contributed by atoms with van der Waals surface area (Å²) in [6, 6.07) is 5.27. The third kappa shape index (κ3) is 2.76. The van der Waals surface area contributed by atoms with Crippen molar-refractivity contribution in [2.24, 2.45) is 5.92 Å². The average Bonchev–Trinajstić information content (AvgIpc) is 2.65. The topological polar surface area (TPSA) is 66.6 Å². The highest BCUT2D eigenvalue weighted by molar-refractivity contribution is 5.73. The number of carboxylic acid groups (broad SMARTS) is 1. The van der Waals surface area contributed by atoms with Crippen molar-refractivity contribution >= 4 is 11.6 Å². The Hall–Kier alpha value is -1.88. The molecule has 5 heteroatoms. The summed E-state index contributed by atoms with van der Waals surface area (Å²) in [7, 11) is 0. The summed E-state index contributed by atoms with van der Waals surface area (Å²) in [5, 5.41) is 12.3. The van der Waals surface area contributed by atoms with Gasteiger partial charge in [0.2, 0.25) is 0 Å². The van der Waals surface area contributed by atoms with E-state index < -0.39 is 12.0 Å². The molecule has 0 saturated carbocycles. The first-order valence-electron chi connectivity index (χ1n) is 6.39. The maximum atomic E-state index is 11.2. The number of imidazole rings is 1. The minimum Gasteiger partial charge on any atom is -0.480 e. The SMILES string of the molecule is Cc1nc2ccccn2c1CNC(C(=O)O)C(C)C. The Labute approximate surface area is 112 Å². The number of hydrogen-bond acceptors (Lipinski definition) is 3. The summed E-state index contributed by atoms with van der Waals surface area (Å²) >= 11 is 0. The van der Waals surface area contributed by atoms with E-state index in [0.29, 0.717) is 6.54 Å². The van der Waals surface area contributed by atoms with E-state index in [0.717, 1.165) is 17.0 Å². The van der Waals surface area contributed by atoms with Gasteiger partial charge in [0.05, 0.1) is 11.4 Å². The second-order valence-corrected chi connectivity index (χ2v) is 5.01. The predicted octanol–water partition coefficient (Wildman–Crippen LogP) is 1.84. The lowest BCUT2D eigenvalue weighted by atomic mass is 10.0. The van der Waals surface area contributed by atoms with Gasteiger partial charge in [0, 0.05) is 12.7 Å². The number of rotatable bonds is 5. The fourth-order valence-electron chi connectivity index (χ4n) is 2.19. The monoisotopic (exact) mass is 261 g/mol. The van der Waals surface area contributed by atoms with E-state index in [4.69, 9.17) is 5.11 Å². The van der Waals surface area contributed by atoms with Crippen molar-refractivity contribution in [2.75, 3.05) is 0 Å². The number of fused-ring (bicyclic) bond motifs is 1. The maximum absolute atomic E-state index is 11.2.